The third kappa shape index (κ3) is 7.49. The summed E-state index contributed by atoms with van der Waals surface area (Å²) >= 11 is 0. The van der Waals surface area contributed by atoms with Crippen molar-refractivity contribution in [2.24, 2.45) is 5.92 Å². The zero-order valence-electron chi connectivity index (χ0n) is 19.1. The minimum absolute atomic E-state index is 0.0141. The number of aliphatic carboxylic acids is 1. The van der Waals surface area contributed by atoms with E-state index in [9.17, 15) is 31.1 Å². The second kappa shape index (κ2) is 11.5. The maximum absolute atomic E-state index is 14.1. The summed E-state index contributed by atoms with van der Waals surface area (Å²) in [6.45, 7) is 0.944. The Bertz CT molecular complexity index is 997. The van der Waals surface area contributed by atoms with Gasteiger partial charge in [-0.15, -0.1) is 0 Å². The Hall–Kier alpha value is -2.49. The molecule has 0 spiro atoms. The van der Waals surface area contributed by atoms with Crippen molar-refractivity contribution in [3.8, 4) is 5.75 Å². The van der Waals surface area contributed by atoms with Gasteiger partial charge in [-0.2, -0.15) is 26.3 Å². The van der Waals surface area contributed by atoms with E-state index in [4.69, 9.17) is 9.84 Å². The Kier molecular flexibility index (Phi) is 8.90. The van der Waals surface area contributed by atoms with E-state index in [0.29, 0.717) is 30.5 Å². The lowest BCUT2D eigenvalue weighted by atomic mass is 9.87. The van der Waals surface area contributed by atoms with E-state index < -0.39 is 35.9 Å². The number of carboxylic acid groups (broad SMARTS) is 1. The van der Waals surface area contributed by atoms with E-state index >= 15 is 0 Å². The predicted octanol–water partition coefficient (Wildman–Crippen LogP) is 7.09. The summed E-state index contributed by atoms with van der Waals surface area (Å²) in [4.78, 5) is 10.5. The lowest BCUT2D eigenvalue weighted by Gasteiger charge is -2.31. The second-order valence-electron chi connectivity index (χ2n) is 8.96. The summed E-state index contributed by atoms with van der Waals surface area (Å²) < 4.78 is 86.6. The van der Waals surface area contributed by atoms with Gasteiger partial charge in [0.15, 0.2) is 0 Å². The highest BCUT2D eigenvalue weighted by Crippen LogP contribution is 2.44. The SMILES string of the molecule is O=C(O)CCCCCNCc1cccc2c(C(F)(F)F)c(O[C@H]3CC[C@@H](C(F)(F)F)CC3)ccc12. The molecule has 2 aromatic rings. The van der Waals surface area contributed by atoms with Gasteiger partial charge in [-0.05, 0) is 67.5 Å². The molecule has 4 nitrogen and oxygen atoms in total. The molecule has 2 N–H and O–H groups in total. The van der Waals surface area contributed by atoms with Gasteiger partial charge >= 0.3 is 18.3 Å². The van der Waals surface area contributed by atoms with Crippen LogP contribution in [-0.4, -0.2) is 29.9 Å². The fourth-order valence-corrected chi connectivity index (χ4v) is 4.56. The summed E-state index contributed by atoms with van der Waals surface area (Å²) in [6.07, 6.45) is -7.74. The smallest absolute Gasteiger partial charge is 0.420 e. The second-order valence-corrected chi connectivity index (χ2v) is 8.96. The van der Waals surface area contributed by atoms with Crippen LogP contribution in [0.4, 0.5) is 26.3 Å². The van der Waals surface area contributed by atoms with Gasteiger partial charge in [-0.1, -0.05) is 30.7 Å². The van der Waals surface area contributed by atoms with Crippen molar-refractivity contribution < 1.29 is 41.0 Å². The van der Waals surface area contributed by atoms with Gasteiger partial charge in [0, 0.05) is 13.0 Å². The first-order valence-electron chi connectivity index (χ1n) is 11.7. The number of carboxylic acids is 1. The number of alkyl halides is 6. The molecule has 1 saturated carbocycles. The van der Waals surface area contributed by atoms with Crippen LogP contribution in [0.15, 0.2) is 30.3 Å². The van der Waals surface area contributed by atoms with E-state index in [2.05, 4.69) is 5.32 Å². The zero-order valence-corrected chi connectivity index (χ0v) is 19.1. The molecule has 35 heavy (non-hydrogen) atoms. The number of benzene rings is 2. The summed E-state index contributed by atoms with van der Waals surface area (Å²) in [6, 6.07) is 7.47. The van der Waals surface area contributed by atoms with Gasteiger partial charge in [-0.25, -0.2) is 0 Å². The van der Waals surface area contributed by atoms with E-state index in [1.807, 2.05) is 0 Å². The Labute approximate surface area is 199 Å². The first kappa shape index (κ1) is 27.1. The molecule has 0 bridgehead atoms. The molecular formula is C25H29F6NO3. The van der Waals surface area contributed by atoms with Crippen molar-refractivity contribution in [2.75, 3.05) is 6.54 Å². The van der Waals surface area contributed by atoms with Crippen molar-refractivity contribution in [2.45, 2.75) is 76.4 Å². The molecule has 0 aromatic heterocycles. The highest BCUT2D eigenvalue weighted by atomic mass is 19.4. The average molecular weight is 505 g/mol. The molecule has 10 heteroatoms. The molecule has 0 unspecified atom stereocenters. The van der Waals surface area contributed by atoms with Crippen LogP contribution in [0.2, 0.25) is 0 Å². The quantitative estimate of drug-likeness (QED) is 0.267. The Balaban J connectivity index is 1.71. The van der Waals surface area contributed by atoms with E-state index in [-0.39, 0.29) is 43.2 Å². The van der Waals surface area contributed by atoms with Crippen LogP contribution in [0.25, 0.3) is 10.8 Å². The number of carbonyl (C=O) groups is 1. The maximum atomic E-state index is 14.1. The molecule has 0 saturated heterocycles. The van der Waals surface area contributed by atoms with Crippen LogP contribution in [-0.2, 0) is 17.5 Å². The van der Waals surface area contributed by atoms with Crippen LogP contribution in [0.1, 0.15) is 62.5 Å². The topological polar surface area (TPSA) is 58.6 Å². The molecule has 2 aromatic carbocycles. The van der Waals surface area contributed by atoms with Crippen molar-refractivity contribution >= 4 is 16.7 Å². The van der Waals surface area contributed by atoms with Gasteiger partial charge in [0.05, 0.1) is 12.0 Å². The van der Waals surface area contributed by atoms with E-state index in [1.54, 1.807) is 18.2 Å². The number of hydrogen-bond acceptors (Lipinski definition) is 3. The average Bonchev–Trinajstić information content (AvgIpc) is 2.77. The first-order chi connectivity index (χ1) is 16.5. The molecule has 0 radical (unpaired) electrons. The van der Waals surface area contributed by atoms with E-state index in [0.717, 1.165) is 12.8 Å². The van der Waals surface area contributed by atoms with Crippen LogP contribution < -0.4 is 10.1 Å². The number of nitrogens with one attached hydrogen (secondary N) is 1. The maximum Gasteiger partial charge on any atom is 0.420 e. The number of hydrogen-bond donors (Lipinski definition) is 2. The summed E-state index contributed by atoms with van der Waals surface area (Å²) in [5.74, 6) is -2.64. The zero-order chi connectivity index (χ0) is 25.6. The highest BCUT2D eigenvalue weighted by Gasteiger charge is 2.42. The standard InChI is InChI=1S/C25H29F6NO3/c26-24(27,28)17-8-10-18(11-9-17)35-21-13-12-19-16(15-32-14-3-1-2-7-22(33)34)5-4-6-20(19)23(21)25(29,30)31/h4-6,12-13,17-18,32H,1-3,7-11,14-15H2,(H,33,34)/t17-,18+. The Morgan fingerprint density at radius 3 is 2.29 bits per heavy atom. The third-order valence-corrected chi connectivity index (χ3v) is 6.39. The normalized spacial score (nSPS) is 19.1. The lowest BCUT2D eigenvalue weighted by molar-refractivity contribution is -0.185. The molecular weight excluding hydrogens is 476 g/mol. The molecule has 1 aliphatic carbocycles. The molecule has 194 valence electrons. The monoisotopic (exact) mass is 505 g/mol. The first-order valence-corrected chi connectivity index (χ1v) is 11.7. The van der Waals surface area contributed by atoms with E-state index in [1.165, 1.54) is 12.1 Å². The Morgan fingerprint density at radius 2 is 1.66 bits per heavy atom. The van der Waals surface area contributed by atoms with Crippen molar-refractivity contribution in [1.82, 2.24) is 5.32 Å². The molecule has 0 atom stereocenters. The van der Waals surface area contributed by atoms with Gasteiger partial charge in [-0.3, -0.25) is 4.79 Å². The fraction of sp³-hybridized carbons (Fsp3) is 0.560. The van der Waals surface area contributed by atoms with Gasteiger partial charge < -0.3 is 15.2 Å². The summed E-state index contributed by atoms with van der Waals surface area (Å²) in [5, 5.41) is 12.2. The predicted molar refractivity (Wildman–Crippen MR) is 119 cm³/mol. The number of halogens is 6. The van der Waals surface area contributed by atoms with Crippen molar-refractivity contribution in [3.05, 3.63) is 41.5 Å². The molecule has 0 heterocycles. The van der Waals surface area contributed by atoms with Crippen LogP contribution in [0.5, 0.6) is 5.75 Å². The number of ether oxygens (including phenoxy) is 1. The van der Waals surface area contributed by atoms with Crippen LogP contribution in [0, 0.1) is 5.92 Å². The van der Waals surface area contributed by atoms with Crippen molar-refractivity contribution in [3.63, 3.8) is 0 Å². The number of fused-ring (bicyclic) bond motifs is 1. The fourth-order valence-electron chi connectivity index (χ4n) is 4.56. The molecule has 0 amide bonds. The minimum Gasteiger partial charge on any atom is -0.490 e. The van der Waals surface area contributed by atoms with Crippen molar-refractivity contribution in [1.29, 1.82) is 0 Å². The van der Waals surface area contributed by atoms with Crippen LogP contribution in [0.3, 0.4) is 0 Å². The number of rotatable bonds is 10. The molecule has 0 aliphatic heterocycles. The number of unbranched alkanes of at least 4 members (excludes halogenated alkanes) is 2. The lowest BCUT2D eigenvalue weighted by Crippen LogP contribution is -2.32. The summed E-state index contributed by atoms with van der Waals surface area (Å²) in [7, 11) is 0. The third-order valence-electron chi connectivity index (χ3n) is 6.39. The highest BCUT2D eigenvalue weighted by molar-refractivity contribution is 5.91. The molecule has 1 fully saturated rings. The van der Waals surface area contributed by atoms with Gasteiger partial charge in [0.25, 0.3) is 0 Å². The minimum atomic E-state index is -4.70. The van der Waals surface area contributed by atoms with Gasteiger partial charge in [0.2, 0.25) is 0 Å². The summed E-state index contributed by atoms with van der Waals surface area (Å²) in [5.41, 5.74) is -0.237. The largest absolute Gasteiger partial charge is 0.490 e. The molecule has 1 aliphatic rings. The Morgan fingerprint density at radius 1 is 0.943 bits per heavy atom. The van der Waals surface area contributed by atoms with Crippen LogP contribution >= 0.6 is 0 Å². The molecule has 3 rings (SSSR count). The van der Waals surface area contributed by atoms with Gasteiger partial charge in [0.1, 0.15) is 11.3 Å².